The highest BCUT2D eigenvalue weighted by molar-refractivity contribution is 9.11. The molecule has 0 aliphatic heterocycles. The van der Waals surface area contributed by atoms with Gasteiger partial charge >= 0.3 is 0 Å². The van der Waals surface area contributed by atoms with Crippen LogP contribution in [-0.4, -0.2) is 0 Å². The van der Waals surface area contributed by atoms with E-state index in [9.17, 15) is 0 Å². The Bertz CT molecular complexity index is 276. The second-order valence-electron chi connectivity index (χ2n) is 3.77. The summed E-state index contributed by atoms with van der Waals surface area (Å²) in [6.45, 7) is 6.54. The van der Waals surface area contributed by atoms with Gasteiger partial charge in [-0.3, -0.25) is 0 Å². The lowest BCUT2D eigenvalue weighted by molar-refractivity contribution is 0.511. The van der Waals surface area contributed by atoms with Gasteiger partial charge in [0, 0.05) is 4.88 Å². The Morgan fingerprint density at radius 3 is 2.64 bits per heavy atom. The molecule has 1 aromatic heterocycles. The highest BCUT2D eigenvalue weighted by Crippen LogP contribution is 2.39. The average molecular weight is 296 g/mol. The van der Waals surface area contributed by atoms with Gasteiger partial charge in [0.2, 0.25) is 0 Å². The number of hydrogen-bond acceptors (Lipinski definition) is 1. The molecule has 14 heavy (non-hydrogen) atoms. The van der Waals surface area contributed by atoms with Gasteiger partial charge < -0.3 is 0 Å². The predicted molar refractivity (Wildman–Crippen MR) is 69.4 cm³/mol. The monoisotopic (exact) mass is 294 g/mol. The van der Waals surface area contributed by atoms with E-state index in [1.165, 1.54) is 27.1 Å². The van der Waals surface area contributed by atoms with E-state index in [1.807, 2.05) is 0 Å². The van der Waals surface area contributed by atoms with Crippen LogP contribution < -0.4 is 0 Å². The quantitative estimate of drug-likeness (QED) is 0.640. The molecule has 0 aliphatic carbocycles. The molecule has 0 saturated carbocycles. The maximum atomic E-state index is 6.41. The van der Waals surface area contributed by atoms with E-state index in [0.717, 1.165) is 0 Å². The fraction of sp³-hybridized carbons (Fsp3) is 0.636. The molecule has 0 nitrogen and oxygen atoms in total. The normalized spacial score (nSPS) is 15.5. The topological polar surface area (TPSA) is 0 Å². The third-order valence-electron chi connectivity index (χ3n) is 2.39. The maximum absolute atomic E-state index is 6.41. The Labute approximate surface area is 104 Å². The van der Waals surface area contributed by atoms with Crippen LogP contribution >= 0.6 is 38.9 Å². The molecule has 0 fully saturated rings. The summed E-state index contributed by atoms with van der Waals surface area (Å²) < 4.78 is 1.21. The van der Waals surface area contributed by atoms with Gasteiger partial charge in [0.1, 0.15) is 0 Å². The molecule has 1 aromatic rings. The van der Waals surface area contributed by atoms with Crippen LogP contribution in [0, 0.1) is 12.8 Å². The van der Waals surface area contributed by atoms with Crippen LogP contribution in [0.3, 0.4) is 0 Å². The van der Waals surface area contributed by atoms with Crippen molar-refractivity contribution in [1.82, 2.24) is 0 Å². The average Bonchev–Trinajstić information content (AvgIpc) is 2.46. The summed E-state index contributed by atoms with van der Waals surface area (Å²) in [5.74, 6) is 0.562. The first-order chi connectivity index (χ1) is 6.56. The lowest BCUT2D eigenvalue weighted by atomic mass is 10.0. The Hall–Kier alpha value is 0.470. The highest BCUT2D eigenvalue weighted by Gasteiger charge is 2.18. The number of halogens is 2. The molecule has 0 aromatic carbocycles. The molecule has 1 heterocycles. The van der Waals surface area contributed by atoms with Crippen LogP contribution in [-0.2, 0) is 0 Å². The standard InChI is InChI=1S/C11H16BrClS/c1-4-5-7(2)10(13)9-6-8(3)11(12)14-9/h6-7,10H,4-5H2,1-3H3. The van der Waals surface area contributed by atoms with Crippen LogP contribution in [0.5, 0.6) is 0 Å². The molecule has 0 aliphatic rings. The molecule has 0 amide bonds. The second-order valence-corrected chi connectivity index (χ2v) is 6.65. The van der Waals surface area contributed by atoms with Crippen molar-refractivity contribution in [1.29, 1.82) is 0 Å². The van der Waals surface area contributed by atoms with E-state index in [-0.39, 0.29) is 5.38 Å². The zero-order chi connectivity index (χ0) is 10.7. The Balaban J connectivity index is 2.73. The highest BCUT2D eigenvalue weighted by atomic mass is 79.9. The minimum Gasteiger partial charge on any atom is -0.131 e. The molecule has 2 unspecified atom stereocenters. The summed E-state index contributed by atoms with van der Waals surface area (Å²) in [7, 11) is 0. The van der Waals surface area contributed by atoms with Crippen molar-refractivity contribution in [2.45, 2.75) is 39.0 Å². The number of aryl methyl sites for hydroxylation is 1. The molecule has 3 heteroatoms. The Kier molecular flexibility index (Phi) is 4.95. The summed E-state index contributed by atoms with van der Waals surface area (Å²) in [6.07, 6.45) is 2.40. The molecule has 0 radical (unpaired) electrons. The van der Waals surface area contributed by atoms with Gasteiger partial charge in [-0.2, -0.15) is 0 Å². The summed E-state index contributed by atoms with van der Waals surface area (Å²) in [5, 5.41) is 0.171. The van der Waals surface area contributed by atoms with E-state index in [0.29, 0.717) is 5.92 Å². The fourth-order valence-corrected chi connectivity index (χ4v) is 3.51. The number of thiophene rings is 1. The van der Waals surface area contributed by atoms with E-state index < -0.39 is 0 Å². The zero-order valence-corrected chi connectivity index (χ0v) is 12.0. The summed E-state index contributed by atoms with van der Waals surface area (Å²) in [4.78, 5) is 1.29. The van der Waals surface area contributed by atoms with Crippen LogP contribution in [0.2, 0.25) is 0 Å². The van der Waals surface area contributed by atoms with E-state index in [1.54, 1.807) is 11.3 Å². The molecule has 0 bridgehead atoms. The Morgan fingerprint density at radius 2 is 2.21 bits per heavy atom. The van der Waals surface area contributed by atoms with Crippen molar-refractivity contribution >= 4 is 38.9 Å². The molecular formula is C11H16BrClS. The molecule has 0 spiro atoms. The van der Waals surface area contributed by atoms with Crippen LogP contribution in [0.1, 0.15) is 42.5 Å². The SMILES string of the molecule is CCCC(C)C(Cl)c1cc(C)c(Br)s1. The lowest BCUT2D eigenvalue weighted by Gasteiger charge is -2.15. The first-order valence-corrected chi connectivity index (χ1v) is 7.00. The summed E-state index contributed by atoms with van der Waals surface area (Å²) >= 11 is 11.7. The minimum atomic E-state index is 0.171. The van der Waals surface area contributed by atoms with Gasteiger partial charge in [-0.25, -0.2) is 0 Å². The van der Waals surface area contributed by atoms with Crippen molar-refractivity contribution < 1.29 is 0 Å². The molecule has 0 saturated heterocycles. The fourth-order valence-electron chi connectivity index (χ4n) is 1.50. The number of hydrogen-bond donors (Lipinski definition) is 0. The van der Waals surface area contributed by atoms with Crippen LogP contribution in [0.25, 0.3) is 0 Å². The lowest BCUT2D eigenvalue weighted by Crippen LogP contribution is -2.01. The van der Waals surface area contributed by atoms with Gasteiger partial charge in [-0.15, -0.1) is 22.9 Å². The summed E-state index contributed by atoms with van der Waals surface area (Å²) in [6, 6.07) is 2.19. The van der Waals surface area contributed by atoms with Gasteiger partial charge in [-0.05, 0) is 46.8 Å². The summed E-state index contributed by atoms with van der Waals surface area (Å²) in [5.41, 5.74) is 1.29. The van der Waals surface area contributed by atoms with Gasteiger partial charge in [-0.1, -0.05) is 20.3 Å². The van der Waals surface area contributed by atoms with Crippen molar-refractivity contribution in [2.75, 3.05) is 0 Å². The van der Waals surface area contributed by atoms with Crippen molar-refractivity contribution in [2.24, 2.45) is 5.92 Å². The number of rotatable bonds is 4. The van der Waals surface area contributed by atoms with Crippen molar-refractivity contribution in [3.05, 3.63) is 20.3 Å². The smallest absolute Gasteiger partial charge is 0.0731 e. The van der Waals surface area contributed by atoms with E-state index in [2.05, 4.69) is 42.8 Å². The first kappa shape index (κ1) is 12.5. The van der Waals surface area contributed by atoms with Crippen molar-refractivity contribution in [3.63, 3.8) is 0 Å². The first-order valence-electron chi connectivity index (χ1n) is 4.96. The largest absolute Gasteiger partial charge is 0.131 e. The molecule has 2 atom stereocenters. The van der Waals surface area contributed by atoms with Crippen molar-refractivity contribution in [3.8, 4) is 0 Å². The number of alkyl halides is 1. The van der Waals surface area contributed by atoms with Gasteiger partial charge in [0.25, 0.3) is 0 Å². The minimum absolute atomic E-state index is 0.171. The molecule has 0 N–H and O–H groups in total. The second kappa shape index (κ2) is 5.53. The molecular weight excluding hydrogens is 280 g/mol. The third-order valence-corrected chi connectivity index (χ3v) is 5.41. The van der Waals surface area contributed by atoms with E-state index in [4.69, 9.17) is 11.6 Å². The van der Waals surface area contributed by atoms with Gasteiger partial charge in [0.15, 0.2) is 0 Å². The van der Waals surface area contributed by atoms with E-state index >= 15 is 0 Å². The predicted octanol–water partition coefficient (Wildman–Crippen LogP) is 5.54. The van der Waals surface area contributed by atoms with Gasteiger partial charge in [0.05, 0.1) is 9.16 Å². The third kappa shape index (κ3) is 2.98. The molecule has 1 rings (SSSR count). The Morgan fingerprint density at radius 1 is 1.57 bits per heavy atom. The maximum Gasteiger partial charge on any atom is 0.0731 e. The molecule has 80 valence electrons. The van der Waals surface area contributed by atoms with Crippen LogP contribution in [0.4, 0.5) is 0 Å². The zero-order valence-electron chi connectivity index (χ0n) is 8.81. The van der Waals surface area contributed by atoms with Crippen LogP contribution in [0.15, 0.2) is 9.85 Å².